The first-order valence-corrected chi connectivity index (χ1v) is 12.5. The first-order chi connectivity index (χ1) is 16.9. The maximum absolute atomic E-state index is 11.6. The Morgan fingerprint density at radius 2 is 0.914 bits per heavy atom. The predicted octanol–water partition coefficient (Wildman–Crippen LogP) is 4.82. The molecule has 2 aromatic rings. The molecule has 0 saturated heterocycles. The molecule has 0 unspecified atom stereocenters. The summed E-state index contributed by atoms with van der Waals surface area (Å²) in [4.78, 5) is 24.6. The SMILES string of the molecule is COC(=O)CCSc1cc(OC)c(OC)cc1Oc1cc(OC)c(OC)cc1SCCC(=O)OC. The van der Waals surface area contributed by atoms with Gasteiger partial charge in [-0.3, -0.25) is 9.59 Å². The molecule has 35 heavy (non-hydrogen) atoms. The second kappa shape index (κ2) is 14.5. The van der Waals surface area contributed by atoms with Crippen molar-refractivity contribution in [3.05, 3.63) is 24.3 Å². The molecule has 0 atom stereocenters. The van der Waals surface area contributed by atoms with Gasteiger partial charge in [-0.05, 0) is 0 Å². The molecular weight excluding hydrogens is 496 g/mol. The Hall–Kier alpha value is -2.92. The van der Waals surface area contributed by atoms with Crippen LogP contribution in [0.2, 0.25) is 0 Å². The van der Waals surface area contributed by atoms with E-state index in [4.69, 9.17) is 33.2 Å². The Morgan fingerprint density at radius 1 is 0.571 bits per heavy atom. The van der Waals surface area contributed by atoms with Gasteiger partial charge >= 0.3 is 11.9 Å². The third-order valence-electron chi connectivity index (χ3n) is 4.70. The van der Waals surface area contributed by atoms with Crippen LogP contribution in [0.1, 0.15) is 12.8 Å². The largest absolute Gasteiger partial charge is 0.493 e. The summed E-state index contributed by atoms with van der Waals surface area (Å²) in [5.41, 5.74) is 0. The molecule has 2 rings (SSSR count). The van der Waals surface area contributed by atoms with E-state index in [1.807, 2.05) is 0 Å². The van der Waals surface area contributed by atoms with Crippen molar-refractivity contribution in [1.82, 2.24) is 0 Å². The van der Waals surface area contributed by atoms with Crippen molar-refractivity contribution in [3.8, 4) is 34.5 Å². The van der Waals surface area contributed by atoms with E-state index in [9.17, 15) is 9.59 Å². The number of methoxy groups -OCH3 is 6. The van der Waals surface area contributed by atoms with Gasteiger partial charge in [-0.15, -0.1) is 23.5 Å². The summed E-state index contributed by atoms with van der Waals surface area (Å²) in [6.45, 7) is 0. The molecule has 0 aliphatic carbocycles. The van der Waals surface area contributed by atoms with Crippen molar-refractivity contribution in [3.63, 3.8) is 0 Å². The van der Waals surface area contributed by atoms with Crippen molar-refractivity contribution in [2.75, 3.05) is 54.2 Å². The molecule has 0 fully saturated rings. The quantitative estimate of drug-likeness (QED) is 0.250. The molecule has 2 aromatic carbocycles. The summed E-state index contributed by atoms with van der Waals surface area (Å²) < 4.78 is 37.6. The van der Waals surface area contributed by atoms with Crippen molar-refractivity contribution in [1.29, 1.82) is 0 Å². The average molecular weight is 527 g/mol. The Labute approximate surface area is 213 Å². The van der Waals surface area contributed by atoms with E-state index in [1.165, 1.54) is 52.0 Å². The zero-order chi connectivity index (χ0) is 25.8. The van der Waals surface area contributed by atoms with E-state index in [0.29, 0.717) is 46.0 Å². The summed E-state index contributed by atoms with van der Waals surface area (Å²) >= 11 is 2.84. The predicted molar refractivity (Wildman–Crippen MR) is 134 cm³/mol. The highest BCUT2D eigenvalue weighted by Gasteiger charge is 2.19. The van der Waals surface area contributed by atoms with Crippen molar-refractivity contribution in [2.45, 2.75) is 22.6 Å². The smallest absolute Gasteiger partial charge is 0.306 e. The van der Waals surface area contributed by atoms with Crippen LogP contribution in [0.5, 0.6) is 34.5 Å². The summed E-state index contributed by atoms with van der Waals surface area (Å²) in [7, 11) is 8.88. The van der Waals surface area contributed by atoms with E-state index in [-0.39, 0.29) is 24.8 Å². The number of thioether (sulfide) groups is 2. The molecule has 0 radical (unpaired) electrons. The summed E-state index contributed by atoms with van der Waals surface area (Å²) in [5.74, 6) is 3.38. The summed E-state index contributed by atoms with van der Waals surface area (Å²) in [6.07, 6.45) is 0.472. The normalized spacial score (nSPS) is 10.3. The Kier molecular flexibility index (Phi) is 11.7. The average Bonchev–Trinajstić information content (AvgIpc) is 2.88. The lowest BCUT2D eigenvalue weighted by Crippen LogP contribution is -2.02. The molecule has 0 saturated carbocycles. The monoisotopic (exact) mass is 526 g/mol. The number of hydrogen-bond acceptors (Lipinski definition) is 11. The van der Waals surface area contributed by atoms with Crippen molar-refractivity contribution < 1.29 is 42.7 Å². The van der Waals surface area contributed by atoms with Crippen LogP contribution in [0.15, 0.2) is 34.1 Å². The molecule has 0 amide bonds. The highest BCUT2D eigenvalue weighted by molar-refractivity contribution is 7.99. The first-order valence-electron chi connectivity index (χ1n) is 10.5. The zero-order valence-corrected chi connectivity index (χ0v) is 22.3. The van der Waals surface area contributed by atoms with Gasteiger partial charge in [0.25, 0.3) is 0 Å². The number of rotatable bonds is 14. The van der Waals surface area contributed by atoms with Crippen molar-refractivity contribution in [2.24, 2.45) is 0 Å². The van der Waals surface area contributed by atoms with Crippen LogP contribution in [-0.2, 0) is 19.1 Å². The summed E-state index contributed by atoms with van der Waals surface area (Å²) in [5, 5.41) is 0. The van der Waals surface area contributed by atoms with Gasteiger partial charge < -0.3 is 33.2 Å². The Morgan fingerprint density at radius 3 is 1.23 bits per heavy atom. The zero-order valence-electron chi connectivity index (χ0n) is 20.6. The van der Waals surface area contributed by atoms with Crippen LogP contribution in [0.25, 0.3) is 0 Å². The molecule has 0 spiro atoms. The first kappa shape index (κ1) is 28.3. The molecule has 0 N–H and O–H groups in total. The van der Waals surface area contributed by atoms with Crippen molar-refractivity contribution >= 4 is 35.5 Å². The standard InChI is InChI=1S/C24H30O9S2/c1-27-15-11-19(21(13-17(15)29-3)34-9-7-23(25)31-5)33-20-12-16(28-2)18(30-4)14-22(20)35-10-8-24(26)32-6/h11-14H,7-10H2,1-6H3. The number of carbonyl (C=O) groups is 2. The van der Waals surface area contributed by atoms with Gasteiger partial charge in [0, 0.05) is 35.8 Å². The van der Waals surface area contributed by atoms with Gasteiger partial charge in [0.05, 0.1) is 65.3 Å². The molecule has 0 bridgehead atoms. The van der Waals surface area contributed by atoms with Gasteiger partial charge in [0.1, 0.15) is 11.5 Å². The maximum Gasteiger partial charge on any atom is 0.306 e. The lowest BCUT2D eigenvalue weighted by molar-refractivity contribution is -0.141. The van der Waals surface area contributed by atoms with Gasteiger partial charge in [0.15, 0.2) is 23.0 Å². The van der Waals surface area contributed by atoms with Crippen LogP contribution < -0.4 is 23.7 Å². The lowest BCUT2D eigenvalue weighted by Gasteiger charge is -2.18. The van der Waals surface area contributed by atoms with Crippen LogP contribution >= 0.6 is 23.5 Å². The molecule has 192 valence electrons. The molecule has 9 nitrogen and oxygen atoms in total. The minimum atomic E-state index is -0.301. The molecule has 0 heterocycles. The van der Waals surface area contributed by atoms with Crippen LogP contribution in [-0.4, -0.2) is 66.1 Å². The minimum Gasteiger partial charge on any atom is -0.493 e. The molecule has 0 aliphatic rings. The van der Waals surface area contributed by atoms with E-state index in [2.05, 4.69) is 0 Å². The van der Waals surface area contributed by atoms with Crippen LogP contribution in [0, 0.1) is 0 Å². The molecule has 11 heteroatoms. The number of carbonyl (C=O) groups excluding carboxylic acids is 2. The number of hydrogen-bond donors (Lipinski definition) is 0. The number of benzene rings is 2. The van der Waals surface area contributed by atoms with Gasteiger partial charge in [-0.1, -0.05) is 0 Å². The molecule has 0 aromatic heterocycles. The second-order valence-electron chi connectivity index (χ2n) is 6.76. The fourth-order valence-electron chi connectivity index (χ4n) is 2.88. The van der Waals surface area contributed by atoms with E-state index >= 15 is 0 Å². The van der Waals surface area contributed by atoms with Crippen LogP contribution in [0.4, 0.5) is 0 Å². The van der Waals surface area contributed by atoms with Gasteiger partial charge in [-0.2, -0.15) is 0 Å². The van der Waals surface area contributed by atoms with Gasteiger partial charge in [0.2, 0.25) is 0 Å². The topological polar surface area (TPSA) is 98.8 Å². The second-order valence-corrected chi connectivity index (χ2v) is 9.03. The molecule has 0 aliphatic heterocycles. The van der Waals surface area contributed by atoms with E-state index < -0.39 is 0 Å². The fraction of sp³-hybridized carbons (Fsp3) is 0.417. The Bertz CT molecular complexity index is 931. The third kappa shape index (κ3) is 8.07. The summed E-state index contributed by atoms with van der Waals surface area (Å²) in [6, 6.07) is 7.03. The fourth-order valence-corrected chi connectivity index (χ4v) is 4.72. The van der Waals surface area contributed by atoms with E-state index in [1.54, 1.807) is 38.5 Å². The third-order valence-corrected chi connectivity index (χ3v) is 6.78. The highest BCUT2D eigenvalue weighted by atomic mass is 32.2. The lowest BCUT2D eigenvalue weighted by atomic mass is 10.2. The number of esters is 2. The van der Waals surface area contributed by atoms with Crippen LogP contribution in [0.3, 0.4) is 0 Å². The van der Waals surface area contributed by atoms with Gasteiger partial charge in [-0.25, -0.2) is 0 Å². The number of ether oxygens (including phenoxy) is 7. The van der Waals surface area contributed by atoms with E-state index in [0.717, 1.165) is 9.79 Å². The minimum absolute atomic E-state index is 0.236. The highest BCUT2D eigenvalue weighted by Crippen LogP contribution is 2.46. The molecular formula is C24H30O9S2. The Balaban J connectivity index is 2.45. The maximum atomic E-state index is 11.6.